The summed E-state index contributed by atoms with van der Waals surface area (Å²) in [6.45, 7) is 9.38. The Bertz CT molecular complexity index is 368. The van der Waals surface area contributed by atoms with Crippen molar-refractivity contribution in [2.24, 2.45) is 0 Å². The van der Waals surface area contributed by atoms with E-state index in [0.717, 1.165) is 18.7 Å². The lowest BCUT2D eigenvalue weighted by Gasteiger charge is -2.13. The summed E-state index contributed by atoms with van der Waals surface area (Å²) in [5.41, 5.74) is 1.22. The van der Waals surface area contributed by atoms with E-state index in [1.54, 1.807) is 11.3 Å². The number of nitrogens with zero attached hydrogens (tertiary/aromatic N) is 1. The molecular weight excluding hydrogens is 216 g/mol. The molecule has 1 aromatic rings. The second-order valence-electron chi connectivity index (χ2n) is 4.90. The maximum Gasteiger partial charge on any atom is 0.0982 e. The number of hydrogen-bond acceptors (Lipinski definition) is 3. The molecule has 0 saturated heterocycles. The third-order valence-corrected chi connectivity index (χ3v) is 3.65. The molecule has 3 heteroatoms. The topological polar surface area (TPSA) is 24.9 Å². The Morgan fingerprint density at radius 2 is 2.25 bits per heavy atom. The summed E-state index contributed by atoms with van der Waals surface area (Å²) in [4.78, 5) is 4.61. The van der Waals surface area contributed by atoms with Crippen LogP contribution in [-0.4, -0.2) is 11.0 Å². The molecule has 0 radical (unpaired) electrons. The van der Waals surface area contributed by atoms with Crippen LogP contribution in [0.5, 0.6) is 0 Å². The zero-order valence-corrected chi connectivity index (χ0v) is 11.3. The summed E-state index contributed by atoms with van der Waals surface area (Å²) in [6, 6.07) is 0.153. The van der Waals surface area contributed by atoms with E-state index in [-0.39, 0.29) is 11.5 Å². The van der Waals surface area contributed by atoms with Crippen molar-refractivity contribution in [2.75, 3.05) is 0 Å². The summed E-state index contributed by atoms with van der Waals surface area (Å²) in [6.07, 6.45) is 6.34. The summed E-state index contributed by atoms with van der Waals surface area (Å²) in [5.74, 6) is 2.72. The summed E-state index contributed by atoms with van der Waals surface area (Å²) < 4.78 is 0. The van der Waals surface area contributed by atoms with Gasteiger partial charge in [0, 0.05) is 17.3 Å². The maximum absolute atomic E-state index is 5.39. The maximum atomic E-state index is 5.39. The zero-order chi connectivity index (χ0) is 12.2. The smallest absolute Gasteiger partial charge is 0.0982 e. The van der Waals surface area contributed by atoms with Crippen LogP contribution in [0.25, 0.3) is 0 Å². The van der Waals surface area contributed by atoms with Crippen molar-refractivity contribution in [3.05, 3.63) is 16.1 Å². The Balaban J connectivity index is 2.57. The SMILES string of the molecule is C#CC(CC)NCc1csc(C(C)(C)C)n1. The molecule has 0 aliphatic carbocycles. The van der Waals surface area contributed by atoms with Gasteiger partial charge in [-0.25, -0.2) is 4.98 Å². The number of terminal acetylenes is 1. The van der Waals surface area contributed by atoms with Crippen molar-refractivity contribution in [1.29, 1.82) is 0 Å². The van der Waals surface area contributed by atoms with Crippen molar-refractivity contribution >= 4 is 11.3 Å². The summed E-state index contributed by atoms with van der Waals surface area (Å²) >= 11 is 1.72. The van der Waals surface area contributed by atoms with Gasteiger partial charge in [0.05, 0.1) is 16.7 Å². The highest BCUT2D eigenvalue weighted by Crippen LogP contribution is 2.25. The van der Waals surface area contributed by atoms with Gasteiger partial charge in [0.1, 0.15) is 0 Å². The Hall–Kier alpha value is -0.850. The minimum Gasteiger partial charge on any atom is -0.298 e. The molecule has 0 fully saturated rings. The van der Waals surface area contributed by atoms with Crippen molar-refractivity contribution in [3.8, 4) is 12.3 Å². The first-order valence-corrected chi connectivity index (χ1v) is 6.49. The molecule has 88 valence electrons. The predicted molar refractivity (Wildman–Crippen MR) is 70.6 cm³/mol. The minimum absolute atomic E-state index is 0.138. The second kappa shape index (κ2) is 5.47. The number of hydrogen-bond donors (Lipinski definition) is 1. The van der Waals surface area contributed by atoms with E-state index in [4.69, 9.17) is 6.42 Å². The van der Waals surface area contributed by atoms with Gasteiger partial charge in [0.15, 0.2) is 0 Å². The molecule has 1 N–H and O–H groups in total. The number of nitrogens with one attached hydrogen (secondary N) is 1. The van der Waals surface area contributed by atoms with Crippen molar-refractivity contribution in [1.82, 2.24) is 10.3 Å². The molecule has 0 aromatic carbocycles. The van der Waals surface area contributed by atoms with E-state index in [0.29, 0.717) is 0 Å². The van der Waals surface area contributed by atoms with Crippen LogP contribution in [0.15, 0.2) is 5.38 Å². The predicted octanol–water partition coefficient (Wildman–Crippen LogP) is 2.94. The quantitative estimate of drug-likeness (QED) is 0.813. The first-order chi connectivity index (χ1) is 7.47. The van der Waals surface area contributed by atoms with Gasteiger partial charge >= 0.3 is 0 Å². The van der Waals surface area contributed by atoms with E-state index < -0.39 is 0 Å². The Morgan fingerprint density at radius 3 is 2.69 bits per heavy atom. The molecule has 1 unspecified atom stereocenters. The molecule has 1 heterocycles. The van der Waals surface area contributed by atoms with E-state index in [9.17, 15) is 0 Å². The van der Waals surface area contributed by atoms with Gasteiger partial charge in [-0.1, -0.05) is 33.6 Å². The van der Waals surface area contributed by atoms with Crippen LogP contribution in [0.4, 0.5) is 0 Å². The first-order valence-electron chi connectivity index (χ1n) is 5.61. The van der Waals surface area contributed by atoms with Gasteiger partial charge in [-0.3, -0.25) is 5.32 Å². The van der Waals surface area contributed by atoms with Crippen LogP contribution in [0.2, 0.25) is 0 Å². The fourth-order valence-electron chi connectivity index (χ4n) is 1.28. The standard InChI is InChI=1S/C13H20N2S/c1-6-10(7-2)14-8-11-9-16-12(15-11)13(3,4)5/h1,9-10,14H,7-8H2,2-5H3. The van der Waals surface area contributed by atoms with E-state index in [1.165, 1.54) is 5.01 Å². The van der Waals surface area contributed by atoms with E-state index >= 15 is 0 Å². The van der Waals surface area contributed by atoms with E-state index in [2.05, 4.69) is 49.3 Å². The average Bonchev–Trinajstić information content (AvgIpc) is 2.67. The van der Waals surface area contributed by atoms with Crippen LogP contribution in [0.3, 0.4) is 0 Å². The van der Waals surface area contributed by atoms with Crippen LogP contribution in [-0.2, 0) is 12.0 Å². The van der Waals surface area contributed by atoms with Gasteiger partial charge in [0.25, 0.3) is 0 Å². The zero-order valence-electron chi connectivity index (χ0n) is 10.5. The van der Waals surface area contributed by atoms with Crippen LogP contribution < -0.4 is 5.32 Å². The number of rotatable bonds is 4. The van der Waals surface area contributed by atoms with Crippen molar-refractivity contribution in [2.45, 2.75) is 52.1 Å². The van der Waals surface area contributed by atoms with Gasteiger partial charge < -0.3 is 0 Å². The highest BCUT2D eigenvalue weighted by molar-refractivity contribution is 7.09. The van der Waals surface area contributed by atoms with Crippen molar-refractivity contribution in [3.63, 3.8) is 0 Å². The molecule has 0 aliphatic heterocycles. The van der Waals surface area contributed by atoms with Crippen LogP contribution >= 0.6 is 11.3 Å². The summed E-state index contributed by atoms with van der Waals surface area (Å²) in [7, 11) is 0. The molecule has 2 nitrogen and oxygen atoms in total. The molecule has 0 spiro atoms. The molecule has 0 saturated carbocycles. The van der Waals surface area contributed by atoms with Crippen LogP contribution in [0.1, 0.15) is 44.8 Å². The van der Waals surface area contributed by atoms with Gasteiger partial charge in [0.2, 0.25) is 0 Å². The van der Waals surface area contributed by atoms with Crippen molar-refractivity contribution < 1.29 is 0 Å². The van der Waals surface area contributed by atoms with Crippen LogP contribution in [0, 0.1) is 12.3 Å². The molecule has 0 aliphatic rings. The number of aromatic nitrogens is 1. The molecule has 0 amide bonds. The van der Waals surface area contributed by atoms with Gasteiger partial charge in [-0.05, 0) is 6.42 Å². The molecule has 1 atom stereocenters. The lowest BCUT2D eigenvalue weighted by molar-refractivity contribution is 0.566. The monoisotopic (exact) mass is 236 g/mol. The molecule has 1 aromatic heterocycles. The van der Waals surface area contributed by atoms with Gasteiger partial charge in [-0.2, -0.15) is 0 Å². The Morgan fingerprint density at radius 1 is 1.56 bits per heavy atom. The lowest BCUT2D eigenvalue weighted by Crippen LogP contribution is -2.26. The Kier molecular flexibility index (Phi) is 4.52. The molecule has 1 rings (SSSR count). The molecule has 16 heavy (non-hydrogen) atoms. The lowest BCUT2D eigenvalue weighted by atomic mass is 9.98. The molecular formula is C13H20N2S. The highest BCUT2D eigenvalue weighted by atomic mass is 32.1. The van der Waals surface area contributed by atoms with E-state index in [1.807, 2.05) is 0 Å². The average molecular weight is 236 g/mol. The number of thiazole rings is 1. The fourth-order valence-corrected chi connectivity index (χ4v) is 2.19. The largest absolute Gasteiger partial charge is 0.298 e. The Labute approximate surface area is 102 Å². The third-order valence-electron chi connectivity index (χ3n) is 2.33. The van der Waals surface area contributed by atoms with Gasteiger partial charge in [-0.15, -0.1) is 17.8 Å². The fraction of sp³-hybridized carbons (Fsp3) is 0.615. The third kappa shape index (κ3) is 3.62. The summed E-state index contributed by atoms with van der Waals surface area (Å²) in [5, 5.41) is 6.59. The normalized spacial score (nSPS) is 13.4. The first kappa shape index (κ1) is 13.2. The second-order valence-corrected chi connectivity index (χ2v) is 5.76. The minimum atomic E-state index is 0.138. The molecule has 0 bridgehead atoms. The highest BCUT2D eigenvalue weighted by Gasteiger charge is 2.17.